The van der Waals surface area contributed by atoms with Crippen molar-refractivity contribution in [1.29, 1.82) is 0 Å². The van der Waals surface area contributed by atoms with Crippen molar-refractivity contribution in [2.45, 2.75) is 17.7 Å². The molecule has 0 aliphatic carbocycles. The maximum Gasteiger partial charge on any atom is 0.358 e. The number of carbonyl (C=O) groups excluding carboxylic acids is 2. The number of ether oxygens (including phenoxy) is 1. The molecule has 26 heavy (non-hydrogen) atoms. The fourth-order valence-electron chi connectivity index (χ4n) is 2.58. The summed E-state index contributed by atoms with van der Waals surface area (Å²) in [7, 11) is -3.52. The van der Waals surface area contributed by atoms with E-state index in [0.717, 1.165) is 12.8 Å². The van der Waals surface area contributed by atoms with E-state index < -0.39 is 28.4 Å². The minimum Gasteiger partial charge on any atom is -0.453 e. The van der Waals surface area contributed by atoms with Crippen LogP contribution >= 0.6 is 0 Å². The lowest BCUT2D eigenvalue weighted by Crippen LogP contribution is -2.27. The predicted octanol–water partition coefficient (Wildman–Crippen LogP) is 1.30. The maximum atomic E-state index is 12.4. The Morgan fingerprint density at radius 1 is 1.08 bits per heavy atom. The van der Waals surface area contributed by atoms with Crippen molar-refractivity contribution in [3.05, 3.63) is 54.1 Å². The standard InChI is InChI=1S/C17H17N3O5S/c21-16(12-25-17(22)15-11-18-7-8-19-15)13-3-5-14(6-4-13)26(23,24)20-9-1-2-10-20/h3-8,11H,1-2,9-10,12H2. The molecule has 1 fully saturated rings. The molecule has 0 saturated carbocycles. The predicted molar refractivity (Wildman–Crippen MR) is 91.1 cm³/mol. The number of aromatic nitrogens is 2. The normalized spacial score (nSPS) is 14.9. The summed E-state index contributed by atoms with van der Waals surface area (Å²) in [6.45, 7) is 0.566. The van der Waals surface area contributed by atoms with Gasteiger partial charge in [-0.3, -0.25) is 9.78 Å². The molecule has 0 unspecified atom stereocenters. The van der Waals surface area contributed by atoms with Gasteiger partial charge in [-0.1, -0.05) is 0 Å². The molecule has 1 aromatic heterocycles. The van der Waals surface area contributed by atoms with Crippen LogP contribution in [-0.4, -0.2) is 54.1 Å². The van der Waals surface area contributed by atoms with Gasteiger partial charge in [0.1, 0.15) is 0 Å². The molecule has 1 aromatic carbocycles. The summed E-state index contributed by atoms with van der Waals surface area (Å²) in [6.07, 6.45) is 5.71. The van der Waals surface area contributed by atoms with Crippen LogP contribution in [0, 0.1) is 0 Å². The van der Waals surface area contributed by atoms with E-state index >= 15 is 0 Å². The van der Waals surface area contributed by atoms with Crippen LogP contribution in [0.5, 0.6) is 0 Å². The number of sulfonamides is 1. The topological polar surface area (TPSA) is 107 Å². The minimum absolute atomic E-state index is 0.00681. The molecule has 0 N–H and O–H groups in total. The van der Waals surface area contributed by atoms with Crippen LogP contribution in [0.2, 0.25) is 0 Å². The van der Waals surface area contributed by atoms with E-state index in [1.54, 1.807) is 0 Å². The first kappa shape index (κ1) is 18.2. The summed E-state index contributed by atoms with van der Waals surface area (Å²) >= 11 is 0. The molecule has 0 bridgehead atoms. The lowest BCUT2D eigenvalue weighted by molar-refractivity contribution is 0.0468. The molecule has 2 aromatic rings. The van der Waals surface area contributed by atoms with Crippen LogP contribution in [0.25, 0.3) is 0 Å². The third-order valence-electron chi connectivity index (χ3n) is 3.99. The van der Waals surface area contributed by atoms with Crippen LogP contribution in [0.3, 0.4) is 0 Å². The lowest BCUT2D eigenvalue weighted by atomic mass is 10.1. The number of hydrogen-bond acceptors (Lipinski definition) is 7. The molecule has 1 saturated heterocycles. The number of nitrogens with zero attached hydrogens (tertiary/aromatic N) is 3. The number of carbonyl (C=O) groups is 2. The Morgan fingerprint density at radius 2 is 1.77 bits per heavy atom. The van der Waals surface area contributed by atoms with Crippen molar-refractivity contribution in [1.82, 2.24) is 14.3 Å². The van der Waals surface area contributed by atoms with Crippen LogP contribution in [0.4, 0.5) is 0 Å². The first-order chi connectivity index (χ1) is 12.5. The minimum atomic E-state index is -3.52. The maximum absolute atomic E-state index is 12.4. The van der Waals surface area contributed by atoms with Gasteiger partial charge in [0.25, 0.3) is 0 Å². The molecule has 2 heterocycles. The zero-order chi connectivity index (χ0) is 18.6. The number of benzene rings is 1. The largest absolute Gasteiger partial charge is 0.453 e. The Labute approximate surface area is 150 Å². The summed E-state index contributed by atoms with van der Waals surface area (Å²) in [5.74, 6) is -1.19. The monoisotopic (exact) mass is 375 g/mol. The highest BCUT2D eigenvalue weighted by Gasteiger charge is 2.27. The van der Waals surface area contributed by atoms with E-state index in [9.17, 15) is 18.0 Å². The molecule has 8 nitrogen and oxygen atoms in total. The van der Waals surface area contributed by atoms with Gasteiger partial charge in [0.05, 0.1) is 11.1 Å². The van der Waals surface area contributed by atoms with E-state index in [2.05, 4.69) is 9.97 Å². The quantitative estimate of drug-likeness (QED) is 0.553. The van der Waals surface area contributed by atoms with Crippen molar-refractivity contribution in [2.75, 3.05) is 19.7 Å². The Bertz CT molecular complexity index is 892. The van der Waals surface area contributed by atoms with Gasteiger partial charge in [-0.15, -0.1) is 0 Å². The number of hydrogen-bond donors (Lipinski definition) is 0. The lowest BCUT2D eigenvalue weighted by Gasteiger charge is -2.15. The SMILES string of the molecule is O=C(COC(=O)c1cnccn1)c1ccc(S(=O)(=O)N2CCCC2)cc1. The van der Waals surface area contributed by atoms with Gasteiger partial charge < -0.3 is 4.74 Å². The average Bonchev–Trinajstić information content (AvgIpc) is 3.22. The van der Waals surface area contributed by atoms with Gasteiger partial charge in [0.15, 0.2) is 18.1 Å². The van der Waals surface area contributed by atoms with E-state index in [1.165, 1.54) is 47.2 Å². The highest BCUT2D eigenvalue weighted by molar-refractivity contribution is 7.89. The highest BCUT2D eigenvalue weighted by Crippen LogP contribution is 2.21. The zero-order valence-electron chi connectivity index (χ0n) is 13.9. The molecule has 1 aliphatic heterocycles. The summed E-state index contributed by atoms with van der Waals surface area (Å²) in [6, 6.07) is 5.62. The van der Waals surface area contributed by atoms with Gasteiger partial charge in [-0.2, -0.15) is 4.31 Å². The molecule has 9 heteroatoms. The fraction of sp³-hybridized carbons (Fsp3) is 0.294. The van der Waals surface area contributed by atoms with Crippen molar-refractivity contribution in [3.63, 3.8) is 0 Å². The number of ketones is 1. The second-order valence-corrected chi connectivity index (χ2v) is 7.66. The van der Waals surface area contributed by atoms with Gasteiger partial charge >= 0.3 is 5.97 Å². The molecule has 0 radical (unpaired) electrons. The second-order valence-electron chi connectivity index (χ2n) is 5.73. The van der Waals surface area contributed by atoms with Gasteiger partial charge in [-0.25, -0.2) is 18.2 Å². The van der Waals surface area contributed by atoms with E-state index in [4.69, 9.17) is 4.74 Å². The van der Waals surface area contributed by atoms with Crippen LogP contribution < -0.4 is 0 Å². The number of Topliss-reactive ketones (excluding diaryl/α,β-unsaturated/α-hetero) is 1. The molecule has 0 atom stereocenters. The van der Waals surface area contributed by atoms with Crippen molar-refractivity contribution in [3.8, 4) is 0 Å². The van der Waals surface area contributed by atoms with E-state index in [-0.39, 0.29) is 16.2 Å². The highest BCUT2D eigenvalue weighted by atomic mass is 32.2. The van der Waals surface area contributed by atoms with Crippen LogP contribution in [0.1, 0.15) is 33.7 Å². The summed E-state index contributed by atoms with van der Waals surface area (Å²) in [4.78, 5) is 31.6. The van der Waals surface area contributed by atoms with Crippen LogP contribution in [0.15, 0.2) is 47.8 Å². The molecular formula is C17H17N3O5S. The molecule has 0 spiro atoms. The smallest absolute Gasteiger partial charge is 0.358 e. The Hall–Kier alpha value is -2.65. The average molecular weight is 375 g/mol. The van der Waals surface area contributed by atoms with Crippen molar-refractivity contribution in [2.24, 2.45) is 0 Å². The summed E-state index contributed by atoms with van der Waals surface area (Å²) < 4.78 is 31.2. The van der Waals surface area contributed by atoms with Crippen molar-refractivity contribution >= 4 is 21.8 Å². The molecule has 3 rings (SSSR count). The van der Waals surface area contributed by atoms with Crippen LogP contribution in [-0.2, 0) is 14.8 Å². The molecular weight excluding hydrogens is 358 g/mol. The van der Waals surface area contributed by atoms with Gasteiger partial charge in [0.2, 0.25) is 10.0 Å². The summed E-state index contributed by atoms with van der Waals surface area (Å²) in [5.41, 5.74) is 0.268. The number of rotatable bonds is 6. The third-order valence-corrected chi connectivity index (χ3v) is 5.90. The Kier molecular flexibility index (Phi) is 5.38. The zero-order valence-corrected chi connectivity index (χ0v) is 14.7. The fourth-order valence-corrected chi connectivity index (χ4v) is 4.10. The first-order valence-corrected chi connectivity index (χ1v) is 9.49. The van der Waals surface area contributed by atoms with E-state index in [0.29, 0.717) is 13.1 Å². The third kappa shape index (κ3) is 3.94. The van der Waals surface area contributed by atoms with Gasteiger partial charge in [0, 0.05) is 31.0 Å². The summed E-state index contributed by atoms with van der Waals surface area (Å²) in [5, 5.41) is 0. The Balaban J connectivity index is 1.63. The van der Waals surface area contributed by atoms with Crippen molar-refractivity contribution < 1.29 is 22.7 Å². The van der Waals surface area contributed by atoms with E-state index in [1.807, 2.05) is 0 Å². The Morgan fingerprint density at radius 3 is 2.38 bits per heavy atom. The second kappa shape index (κ2) is 7.71. The van der Waals surface area contributed by atoms with Gasteiger partial charge in [-0.05, 0) is 37.1 Å². The molecule has 1 aliphatic rings. The first-order valence-electron chi connectivity index (χ1n) is 8.05. The molecule has 0 amide bonds. The number of esters is 1. The molecule has 136 valence electrons.